The van der Waals surface area contributed by atoms with Crippen LogP contribution in [-0.4, -0.2) is 35.5 Å². The van der Waals surface area contributed by atoms with Crippen molar-refractivity contribution < 1.29 is 13.6 Å². The number of nitrogens with zero attached hydrogens (tertiary/aromatic N) is 2. The van der Waals surface area contributed by atoms with Crippen molar-refractivity contribution >= 4 is 28.9 Å². The van der Waals surface area contributed by atoms with Crippen molar-refractivity contribution in [1.29, 1.82) is 0 Å². The van der Waals surface area contributed by atoms with E-state index in [0.717, 1.165) is 12.5 Å². The molecule has 0 fully saturated rings. The number of carbonyl (C=O) groups is 1. The maximum Gasteiger partial charge on any atom is 0.262 e. The molecule has 1 unspecified atom stereocenters. The summed E-state index contributed by atoms with van der Waals surface area (Å²) in [6, 6.07) is 13.4. The number of halogens is 3. The normalized spacial score (nSPS) is 19.3. The fraction of sp³-hybridized carbons (Fsp3) is 0.238. The predicted molar refractivity (Wildman–Crippen MR) is 106 cm³/mol. The molecule has 1 atom stereocenters. The molecule has 0 aromatic heterocycles. The summed E-state index contributed by atoms with van der Waals surface area (Å²) in [7, 11) is 0. The van der Waals surface area contributed by atoms with E-state index in [1.54, 1.807) is 42.5 Å². The number of benzene rings is 2. The molecular formula is C21H18ClF2N3O. The highest BCUT2D eigenvalue weighted by Crippen LogP contribution is 2.44. The lowest BCUT2D eigenvalue weighted by Gasteiger charge is -2.30. The van der Waals surface area contributed by atoms with Gasteiger partial charge in [0, 0.05) is 34.3 Å². The standard InChI is InChI=1S/C21H18ClF2N3O/c1-21(23,24)11-27-19(12-5-7-14(22)8-6-12)17-16(20(27)28)10-26-18(17)13-3-2-4-15(25)9-13/h2-9,19H,10-11,25H2,1H3. The Bertz CT molecular complexity index is 1010. The molecule has 2 aromatic carbocycles. The second-order valence-electron chi connectivity index (χ2n) is 7.14. The molecule has 2 aliphatic rings. The third kappa shape index (κ3) is 3.29. The number of hydrogen-bond donors (Lipinski definition) is 1. The molecule has 0 spiro atoms. The van der Waals surface area contributed by atoms with Gasteiger partial charge in [0.1, 0.15) is 0 Å². The molecule has 2 heterocycles. The van der Waals surface area contributed by atoms with E-state index in [1.807, 2.05) is 6.07 Å². The number of alkyl halides is 2. The van der Waals surface area contributed by atoms with E-state index >= 15 is 0 Å². The number of rotatable bonds is 4. The summed E-state index contributed by atoms with van der Waals surface area (Å²) in [5, 5.41) is 0.533. The van der Waals surface area contributed by atoms with Crippen molar-refractivity contribution in [3.05, 3.63) is 75.8 Å². The van der Waals surface area contributed by atoms with Gasteiger partial charge in [-0.2, -0.15) is 0 Å². The van der Waals surface area contributed by atoms with Crippen LogP contribution < -0.4 is 5.73 Å². The predicted octanol–water partition coefficient (Wildman–Crippen LogP) is 4.26. The number of nitrogen functional groups attached to an aromatic ring is 1. The number of amides is 1. The van der Waals surface area contributed by atoms with Gasteiger partial charge in [-0.1, -0.05) is 35.9 Å². The van der Waals surface area contributed by atoms with Crippen LogP contribution in [0.2, 0.25) is 5.02 Å². The minimum atomic E-state index is -3.02. The zero-order chi connectivity index (χ0) is 20.1. The van der Waals surface area contributed by atoms with Gasteiger partial charge in [0.2, 0.25) is 0 Å². The number of aliphatic imine (C=N–C) groups is 1. The maximum absolute atomic E-state index is 13.9. The largest absolute Gasteiger partial charge is 0.399 e. The number of anilines is 1. The van der Waals surface area contributed by atoms with Crippen LogP contribution in [0.15, 0.2) is 64.7 Å². The van der Waals surface area contributed by atoms with Gasteiger partial charge in [-0.05, 0) is 29.8 Å². The van der Waals surface area contributed by atoms with Crippen molar-refractivity contribution in [2.45, 2.75) is 18.9 Å². The summed E-state index contributed by atoms with van der Waals surface area (Å²) in [4.78, 5) is 18.7. The van der Waals surface area contributed by atoms with E-state index in [2.05, 4.69) is 4.99 Å². The first kappa shape index (κ1) is 18.6. The smallest absolute Gasteiger partial charge is 0.262 e. The van der Waals surface area contributed by atoms with Crippen LogP contribution in [-0.2, 0) is 4.79 Å². The molecule has 2 aliphatic heterocycles. The Kier molecular flexibility index (Phi) is 4.46. The lowest BCUT2D eigenvalue weighted by Crippen LogP contribution is -2.40. The Balaban J connectivity index is 1.83. The minimum absolute atomic E-state index is 0.175. The summed E-state index contributed by atoms with van der Waals surface area (Å²) < 4.78 is 27.7. The van der Waals surface area contributed by atoms with Crippen LogP contribution in [0, 0.1) is 0 Å². The SMILES string of the molecule is CC(F)(F)CN1C(=O)C2=C(C(c3cccc(N)c3)=NC2)C1c1ccc(Cl)cc1. The van der Waals surface area contributed by atoms with E-state index in [0.29, 0.717) is 33.1 Å². The molecule has 4 nitrogen and oxygen atoms in total. The Morgan fingerprint density at radius 1 is 1.25 bits per heavy atom. The lowest BCUT2D eigenvalue weighted by molar-refractivity contribution is -0.132. The summed E-state index contributed by atoms with van der Waals surface area (Å²) in [6.45, 7) is 0.319. The second-order valence-corrected chi connectivity index (χ2v) is 7.58. The monoisotopic (exact) mass is 401 g/mol. The molecule has 2 aromatic rings. The van der Waals surface area contributed by atoms with Crippen LogP contribution >= 0.6 is 11.6 Å². The van der Waals surface area contributed by atoms with Gasteiger partial charge in [-0.3, -0.25) is 9.79 Å². The summed E-state index contributed by atoms with van der Waals surface area (Å²) >= 11 is 5.99. The van der Waals surface area contributed by atoms with E-state index < -0.39 is 24.4 Å². The molecule has 0 bridgehead atoms. The lowest BCUT2D eigenvalue weighted by atomic mass is 9.91. The van der Waals surface area contributed by atoms with Gasteiger partial charge in [0.15, 0.2) is 0 Å². The summed E-state index contributed by atoms with van der Waals surface area (Å²) in [6.07, 6.45) is 0. The highest BCUT2D eigenvalue weighted by atomic mass is 35.5. The van der Waals surface area contributed by atoms with Crippen molar-refractivity contribution in [1.82, 2.24) is 4.90 Å². The summed E-state index contributed by atoms with van der Waals surface area (Å²) in [5.41, 5.74) is 9.70. The molecule has 0 radical (unpaired) electrons. The van der Waals surface area contributed by atoms with Crippen LogP contribution in [0.4, 0.5) is 14.5 Å². The van der Waals surface area contributed by atoms with Gasteiger partial charge in [-0.25, -0.2) is 8.78 Å². The third-order valence-electron chi connectivity index (χ3n) is 4.87. The van der Waals surface area contributed by atoms with Crippen molar-refractivity contribution in [3.8, 4) is 0 Å². The third-order valence-corrected chi connectivity index (χ3v) is 5.13. The van der Waals surface area contributed by atoms with Gasteiger partial charge >= 0.3 is 0 Å². The molecule has 0 aliphatic carbocycles. The molecule has 0 saturated heterocycles. The topological polar surface area (TPSA) is 58.7 Å². The zero-order valence-corrected chi connectivity index (χ0v) is 15.9. The van der Waals surface area contributed by atoms with Gasteiger partial charge in [-0.15, -0.1) is 0 Å². The van der Waals surface area contributed by atoms with E-state index in [9.17, 15) is 13.6 Å². The first-order valence-corrected chi connectivity index (χ1v) is 9.20. The summed E-state index contributed by atoms with van der Waals surface area (Å²) in [5.74, 6) is -3.42. The first-order chi connectivity index (χ1) is 13.2. The number of carbonyl (C=O) groups excluding carboxylic acids is 1. The highest BCUT2D eigenvalue weighted by Gasteiger charge is 2.46. The van der Waals surface area contributed by atoms with Crippen molar-refractivity contribution in [2.24, 2.45) is 4.99 Å². The van der Waals surface area contributed by atoms with Gasteiger partial charge in [0.05, 0.1) is 24.8 Å². The quantitative estimate of drug-likeness (QED) is 0.778. The van der Waals surface area contributed by atoms with Crippen molar-refractivity contribution in [2.75, 3.05) is 18.8 Å². The Morgan fingerprint density at radius 2 is 1.96 bits per heavy atom. The van der Waals surface area contributed by atoms with Crippen LogP contribution in [0.5, 0.6) is 0 Å². The van der Waals surface area contributed by atoms with E-state index in [-0.39, 0.29) is 6.54 Å². The van der Waals surface area contributed by atoms with Crippen LogP contribution in [0.3, 0.4) is 0 Å². The molecule has 2 N–H and O–H groups in total. The van der Waals surface area contributed by atoms with E-state index in [4.69, 9.17) is 17.3 Å². The maximum atomic E-state index is 13.9. The average molecular weight is 402 g/mol. The van der Waals surface area contributed by atoms with E-state index in [1.165, 1.54) is 4.90 Å². The zero-order valence-electron chi connectivity index (χ0n) is 15.1. The molecule has 28 heavy (non-hydrogen) atoms. The van der Waals surface area contributed by atoms with Gasteiger partial charge < -0.3 is 10.6 Å². The Hall–Kier alpha value is -2.73. The number of nitrogens with two attached hydrogens (primary N) is 1. The molecular weight excluding hydrogens is 384 g/mol. The Labute approximate surface area is 166 Å². The van der Waals surface area contributed by atoms with Crippen LogP contribution in [0.1, 0.15) is 24.1 Å². The average Bonchev–Trinajstić information content (AvgIpc) is 3.15. The first-order valence-electron chi connectivity index (χ1n) is 8.82. The highest BCUT2D eigenvalue weighted by molar-refractivity contribution is 6.30. The second kappa shape index (κ2) is 6.71. The fourth-order valence-corrected chi connectivity index (χ4v) is 3.91. The van der Waals surface area contributed by atoms with Crippen molar-refractivity contribution in [3.63, 3.8) is 0 Å². The number of hydrogen-bond acceptors (Lipinski definition) is 3. The molecule has 144 valence electrons. The molecule has 4 rings (SSSR count). The molecule has 0 saturated carbocycles. The molecule has 7 heteroatoms. The minimum Gasteiger partial charge on any atom is -0.399 e. The van der Waals surface area contributed by atoms with Gasteiger partial charge in [0.25, 0.3) is 11.8 Å². The van der Waals surface area contributed by atoms with Crippen LogP contribution in [0.25, 0.3) is 0 Å². The Morgan fingerprint density at radius 3 is 2.61 bits per heavy atom. The fourth-order valence-electron chi connectivity index (χ4n) is 3.78. The molecule has 1 amide bonds.